The summed E-state index contributed by atoms with van der Waals surface area (Å²) < 4.78 is 0. The third-order valence-electron chi connectivity index (χ3n) is 5.04. The van der Waals surface area contributed by atoms with E-state index in [-0.39, 0.29) is 0 Å². The summed E-state index contributed by atoms with van der Waals surface area (Å²) >= 11 is 0. The van der Waals surface area contributed by atoms with Crippen molar-refractivity contribution in [3.63, 3.8) is 0 Å². The zero-order valence-electron chi connectivity index (χ0n) is 15.0. The van der Waals surface area contributed by atoms with Crippen LogP contribution < -0.4 is 4.90 Å². The van der Waals surface area contributed by atoms with Gasteiger partial charge in [-0.05, 0) is 51.9 Å². The fourth-order valence-corrected chi connectivity index (χ4v) is 3.78. The van der Waals surface area contributed by atoms with Crippen LogP contribution in [-0.4, -0.2) is 13.1 Å². The maximum atomic E-state index is 3.88. The standard InChI is InChI=1S/C25H23N/c1-3-14-26(15-4-2)23-12-10-21-17-22-16-20(19-8-6-5-7-9-19)11-13-24(22)25(21)18-23/h3-13,16,18H,1-2,14-15,17H2. The highest BCUT2D eigenvalue weighted by atomic mass is 15.1. The van der Waals surface area contributed by atoms with E-state index in [1.165, 1.54) is 39.1 Å². The molecule has 3 aromatic rings. The zero-order chi connectivity index (χ0) is 17.9. The Morgan fingerprint density at radius 2 is 1.50 bits per heavy atom. The minimum atomic E-state index is 0.824. The van der Waals surface area contributed by atoms with Crippen LogP contribution in [0.3, 0.4) is 0 Å². The van der Waals surface area contributed by atoms with Crippen LogP contribution in [0.25, 0.3) is 22.3 Å². The maximum absolute atomic E-state index is 3.88. The average molecular weight is 337 g/mol. The fourth-order valence-electron chi connectivity index (χ4n) is 3.78. The molecule has 1 aliphatic rings. The lowest BCUT2D eigenvalue weighted by Gasteiger charge is -2.22. The molecule has 0 saturated heterocycles. The molecule has 0 aliphatic heterocycles. The summed E-state index contributed by atoms with van der Waals surface area (Å²) in [5.41, 5.74) is 9.33. The van der Waals surface area contributed by atoms with Crippen molar-refractivity contribution in [3.05, 3.63) is 103 Å². The van der Waals surface area contributed by atoms with Gasteiger partial charge in [0.05, 0.1) is 0 Å². The van der Waals surface area contributed by atoms with Crippen LogP contribution in [0.1, 0.15) is 11.1 Å². The van der Waals surface area contributed by atoms with Gasteiger partial charge in [-0.2, -0.15) is 0 Å². The Morgan fingerprint density at radius 3 is 2.23 bits per heavy atom. The van der Waals surface area contributed by atoms with Crippen molar-refractivity contribution in [2.45, 2.75) is 6.42 Å². The molecule has 3 aromatic carbocycles. The predicted molar refractivity (Wildman–Crippen MR) is 113 cm³/mol. The first kappa shape index (κ1) is 16.4. The Balaban J connectivity index is 1.71. The monoisotopic (exact) mass is 337 g/mol. The molecule has 0 fully saturated rings. The van der Waals surface area contributed by atoms with Crippen molar-refractivity contribution in [1.82, 2.24) is 0 Å². The van der Waals surface area contributed by atoms with Crippen LogP contribution in [0.5, 0.6) is 0 Å². The Hall–Kier alpha value is -3.06. The lowest BCUT2D eigenvalue weighted by molar-refractivity contribution is 0.956. The molecule has 1 heteroatoms. The molecule has 4 rings (SSSR count). The lowest BCUT2D eigenvalue weighted by Crippen LogP contribution is -2.23. The summed E-state index contributed by atoms with van der Waals surface area (Å²) in [6.07, 6.45) is 4.89. The van der Waals surface area contributed by atoms with Crippen LogP contribution in [0, 0.1) is 0 Å². The topological polar surface area (TPSA) is 3.24 Å². The first-order valence-electron chi connectivity index (χ1n) is 9.08. The molecule has 26 heavy (non-hydrogen) atoms. The molecule has 0 saturated carbocycles. The second-order valence-electron chi connectivity index (χ2n) is 6.74. The average Bonchev–Trinajstić information content (AvgIpc) is 3.05. The Labute approximate surface area is 155 Å². The van der Waals surface area contributed by atoms with Gasteiger partial charge in [0.2, 0.25) is 0 Å². The van der Waals surface area contributed by atoms with Crippen LogP contribution in [-0.2, 0) is 6.42 Å². The minimum absolute atomic E-state index is 0.824. The molecular weight excluding hydrogens is 314 g/mol. The van der Waals surface area contributed by atoms with Crippen molar-refractivity contribution in [3.8, 4) is 22.3 Å². The van der Waals surface area contributed by atoms with Gasteiger partial charge in [0, 0.05) is 18.8 Å². The quantitative estimate of drug-likeness (QED) is 0.384. The summed E-state index contributed by atoms with van der Waals surface area (Å²) in [6.45, 7) is 9.41. The molecule has 0 amide bonds. The summed E-state index contributed by atoms with van der Waals surface area (Å²) in [5.74, 6) is 0. The van der Waals surface area contributed by atoms with Gasteiger partial charge in [-0.3, -0.25) is 0 Å². The molecule has 0 radical (unpaired) electrons. The lowest BCUT2D eigenvalue weighted by atomic mass is 9.99. The number of hydrogen-bond acceptors (Lipinski definition) is 1. The van der Waals surface area contributed by atoms with Gasteiger partial charge < -0.3 is 4.90 Å². The van der Waals surface area contributed by atoms with Crippen LogP contribution in [0.4, 0.5) is 5.69 Å². The van der Waals surface area contributed by atoms with Gasteiger partial charge in [-0.25, -0.2) is 0 Å². The van der Waals surface area contributed by atoms with Gasteiger partial charge >= 0.3 is 0 Å². The smallest absolute Gasteiger partial charge is 0.0378 e. The van der Waals surface area contributed by atoms with Gasteiger partial charge in [-0.15, -0.1) is 13.2 Å². The second-order valence-corrected chi connectivity index (χ2v) is 6.74. The van der Waals surface area contributed by atoms with Gasteiger partial charge in [0.1, 0.15) is 0 Å². The van der Waals surface area contributed by atoms with Crippen LogP contribution in [0.15, 0.2) is 92.0 Å². The van der Waals surface area contributed by atoms with E-state index >= 15 is 0 Å². The Morgan fingerprint density at radius 1 is 0.731 bits per heavy atom. The highest BCUT2D eigenvalue weighted by Crippen LogP contribution is 2.40. The molecule has 1 nitrogen and oxygen atoms in total. The molecule has 1 aliphatic carbocycles. The summed E-state index contributed by atoms with van der Waals surface area (Å²) in [7, 11) is 0. The molecule has 0 spiro atoms. The zero-order valence-corrected chi connectivity index (χ0v) is 15.0. The molecule has 0 atom stereocenters. The Bertz CT molecular complexity index is 943. The first-order valence-corrected chi connectivity index (χ1v) is 9.08. The van der Waals surface area contributed by atoms with E-state index in [4.69, 9.17) is 0 Å². The number of hydrogen-bond donors (Lipinski definition) is 0. The summed E-state index contributed by atoms with van der Waals surface area (Å²) in [6, 6.07) is 24.3. The Kier molecular flexibility index (Phi) is 4.45. The molecule has 0 heterocycles. The molecule has 0 unspecified atom stereocenters. The van der Waals surface area contributed by atoms with Gasteiger partial charge in [0.15, 0.2) is 0 Å². The molecule has 0 N–H and O–H groups in total. The van der Waals surface area contributed by atoms with Crippen LogP contribution in [0.2, 0.25) is 0 Å². The summed E-state index contributed by atoms with van der Waals surface area (Å²) in [4.78, 5) is 2.29. The van der Waals surface area contributed by atoms with Gasteiger partial charge in [-0.1, -0.05) is 66.7 Å². The molecule has 0 aromatic heterocycles. The van der Waals surface area contributed by atoms with Crippen molar-refractivity contribution in [2.75, 3.05) is 18.0 Å². The molecule has 0 bridgehead atoms. The number of rotatable bonds is 6. The third-order valence-corrected chi connectivity index (χ3v) is 5.04. The van der Waals surface area contributed by atoms with E-state index in [2.05, 4.69) is 84.8 Å². The van der Waals surface area contributed by atoms with E-state index < -0.39 is 0 Å². The van der Waals surface area contributed by atoms with E-state index in [0.717, 1.165) is 19.5 Å². The number of benzene rings is 3. The number of fused-ring (bicyclic) bond motifs is 3. The second kappa shape index (κ2) is 7.05. The maximum Gasteiger partial charge on any atom is 0.0378 e. The largest absolute Gasteiger partial charge is 0.364 e. The number of nitrogens with zero attached hydrogens (tertiary/aromatic N) is 1. The van der Waals surface area contributed by atoms with E-state index in [0.29, 0.717) is 0 Å². The van der Waals surface area contributed by atoms with Crippen molar-refractivity contribution < 1.29 is 0 Å². The van der Waals surface area contributed by atoms with E-state index in [1.54, 1.807) is 0 Å². The van der Waals surface area contributed by atoms with Crippen molar-refractivity contribution in [2.24, 2.45) is 0 Å². The predicted octanol–water partition coefficient (Wildman–Crippen LogP) is 6.10. The van der Waals surface area contributed by atoms with E-state index in [9.17, 15) is 0 Å². The third kappa shape index (κ3) is 2.97. The SMILES string of the molecule is C=CCN(CC=C)c1ccc2c(c1)-c1ccc(-c3ccccc3)cc1C2. The molecule has 128 valence electrons. The first-order chi connectivity index (χ1) is 12.8. The number of anilines is 1. The molecular formula is C25H23N. The van der Waals surface area contributed by atoms with Crippen molar-refractivity contribution in [1.29, 1.82) is 0 Å². The van der Waals surface area contributed by atoms with Crippen molar-refractivity contribution >= 4 is 5.69 Å². The van der Waals surface area contributed by atoms with E-state index in [1.807, 2.05) is 12.2 Å². The minimum Gasteiger partial charge on any atom is -0.364 e. The highest BCUT2D eigenvalue weighted by molar-refractivity contribution is 5.82. The van der Waals surface area contributed by atoms with Crippen LogP contribution >= 0.6 is 0 Å². The van der Waals surface area contributed by atoms with Gasteiger partial charge in [0.25, 0.3) is 0 Å². The normalized spacial score (nSPS) is 11.5. The fraction of sp³-hybridized carbons (Fsp3) is 0.120. The highest BCUT2D eigenvalue weighted by Gasteiger charge is 2.20. The summed E-state index contributed by atoms with van der Waals surface area (Å²) in [5, 5.41) is 0.